The van der Waals surface area contributed by atoms with Gasteiger partial charge in [-0.25, -0.2) is 0 Å². The minimum Gasteiger partial charge on any atom is -0.756 e. The molecule has 2 atom stereocenters. The molecule has 0 amide bonds. The molecule has 0 radical (unpaired) electrons. The monoisotopic (exact) mass is 788 g/mol. The summed E-state index contributed by atoms with van der Waals surface area (Å²) < 4.78 is 34.4. The molecule has 0 aromatic heterocycles. The first-order valence-corrected chi connectivity index (χ1v) is 24.4. The molecule has 9 heteroatoms. The third-order valence-electron chi connectivity index (χ3n) is 10.2. The Bertz CT molecular complexity index is 879. The third kappa shape index (κ3) is 42.2. The number of nitrogens with zero attached hydrogens (tertiary/aromatic N) is 1. The van der Waals surface area contributed by atoms with Gasteiger partial charge in [0.1, 0.15) is 19.8 Å². The van der Waals surface area contributed by atoms with Crippen LogP contribution in [-0.4, -0.2) is 64.1 Å². The Kier molecular flexibility index (Phi) is 38.3. The van der Waals surface area contributed by atoms with Gasteiger partial charge in [0.15, 0.2) is 6.10 Å². The van der Waals surface area contributed by atoms with E-state index in [2.05, 4.69) is 13.8 Å². The van der Waals surface area contributed by atoms with Crippen molar-refractivity contribution in [3.8, 4) is 0 Å². The molecule has 0 aromatic rings. The normalized spacial score (nSPS) is 13.7. The Morgan fingerprint density at radius 3 is 1.37 bits per heavy atom. The van der Waals surface area contributed by atoms with E-state index in [4.69, 9.17) is 18.5 Å². The number of hydrogen-bond acceptors (Lipinski definition) is 7. The van der Waals surface area contributed by atoms with Gasteiger partial charge in [-0.15, -0.1) is 0 Å². The number of quaternary nitrogens is 1. The van der Waals surface area contributed by atoms with Crippen molar-refractivity contribution in [1.29, 1.82) is 0 Å². The first-order chi connectivity index (χ1) is 26.1. The van der Waals surface area contributed by atoms with E-state index < -0.39 is 13.9 Å². The van der Waals surface area contributed by atoms with Crippen LogP contribution in [-0.2, 0) is 27.9 Å². The minimum absolute atomic E-state index is 0.0203. The van der Waals surface area contributed by atoms with Crippen LogP contribution in [0.1, 0.15) is 219 Å². The second kappa shape index (κ2) is 38.9. The van der Waals surface area contributed by atoms with E-state index in [0.29, 0.717) is 17.4 Å². The van der Waals surface area contributed by atoms with Crippen molar-refractivity contribution in [2.75, 3.05) is 47.5 Å². The van der Waals surface area contributed by atoms with Gasteiger partial charge in [0.25, 0.3) is 7.82 Å². The van der Waals surface area contributed by atoms with Crippen molar-refractivity contribution in [3.05, 3.63) is 12.3 Å². The number of ether oxygens (including phenoxy) is 2. The van der Waals surface area contributed by atoms with E-state index in [9.17, 15) is 14.3 Å². The van der Waals surface area contributed by atoms with E-state index in [1.54, 1.807) is 6.26 Å². The summed E-state index contributed by atoms with van der Waals surface area (Å²) >= 11 is 0. The number of allylic oxidation sites excluding steroid dienone is 1. The maximum Gasteiger partial charge on any atom is 0.306 e. The van der Waals surface area contributed by atoms with Crippen molar-refractivity contribution in [3.63, 3.8) is 0 Å². The standard InChI is InChI=1S/C45H90NO7P/c1-6-8-10-12-14-16-18-20-22-23-24-25-26-28-30-32-34-36-38-45(47)53-44(43-52-54(48,49)51-41-39-46(3,4)5)42-50-40-37-35-33-31-29-27-21-19-17-15-13-11-9-7-2/h37,40,44H,6-36,38-39,41-43H2,1-5H3/b40-37-/t44-/m1/s1. The largest absolute Gasteiger partial charge is 0.756 e. The summed E-state index contributed by atoms with van der Waals surface area (Å²) in [5.74, 6) is -0.351. The molecule has 0 saturated carbocycles. The van der Waals surface area contributed by atoms with Gasteiger partial charge in [-0.3, -0.25) is 9.36 Å². The molecule has 0 aliphatic heterocycles. The van der Waals surface area contributed by atoms with Crippen LogP contribution in [0.15, 0.2) is 12.3 Å². The molecule has 0 N–H and O–H groups in total. The second-order valence-corrected chi connectivity index (χ2v) is 18.3. The van der Waals surface area contributed by atoms with Gasteiger partial charge in [-0.1, -0.05) is 194 Å². The first-order valence-electron chi connectivity index (χ1n) is 23.0. The molecule has 54 heavy (non-hydrogen) atoms. The predicted octanol–water partition coefficient (Wildman–Crippen LogP) is 13.2. The molecule has 8 nitrogen and oxygen atoms in total. The Morgan fingerprint density at radius 2 is 0.963 bits per heavy atom. The number of unbranched alkanes of at least 4 members (excludes halogenated alkanes) is 29. The molecule has 0 aromatic carbocycles. The predicted molar refractivity (Wildman–Crippen MR) is 226 cm³/mol. The molecule has 0 spiro atoms. The van der Waals surface area contributed by atoms with Crippen LogP contribution in [0.2, 0.25) is 0 Å². The van der Waals surface area contributed by atoms with Crippen molar-refractivity contribution < 1.29 is 37.3 Å². The average Bonchev–Trinajstić information content (AvgIpc) is 3.12. The fourth-order valence-electron chi connectivity index (χ4n) is 6.57. The fraction of sp³-hybridized carbons (Fsp3) is 0.933. The van der Waals surface area contributed by atoms with Gasteiger partial charge in [0.2, 0.25) is 0 Å². The molecular weight excluding hydrogens is 697 g/mol. The van der Waals surface area contributed by atoms with Gasteiger partial charge < -0.3 is 27.9 Å². The molecule has 0 aliphatic rings. The highest BCUT2D eigenvalue weighted by Crippen LogP contribution is 2.38. The molecular formula is C45H90NO7P. The lowest BCUT2D eigenvalue weighted by molar-refractivity contribution is -0.870. The van der Waals surface area contributed by atoms with E-state index in [1.807, 2.05) is 27.2 Å². The molecule has 0 heterocycles. The van der Waals surface area contributed by atoms with E-state index in [0.717, 1.165) is 32.1 Å². The van der Waals surface area contributed by atoms with Crippen LogP contribution < -0.4 is 4.89 Å². The smallest absolute Gasteiger partial charge is 0.306 e. The summed E-state index contributed by atoms with van der Waals surface area (Å²) in [7, 11) is 1.34. The van der Waals surface area contributed by atoms with Crippen molar-refractivity contribution in [1.82, 2.24) is 0 Å². The number of phosphoric ester groups is 1. The summed E-state index contributed by atoms with van der Waals surface area (Å²) in [5.41, 5.74) is 0. The Labute approximate surface area is 335 Å². The third-order valence-corrected chi connectivity index (χ3v) is 11.1. The summed E-state index contributed by atoms with van der Waals surface area (Å²) in [6.45, 7) is 4.77. The average molecular weight is 788 g/mol. The molecule has 0 bridgehead atoms. The quantitative estimate of drug-likeness (QED) is 0.0200. The van der Waals surface area contributed by atoms with Gasteiger partial charge >= 0.3 is 5.97 Å². The van der Waals surface area contributed by atoms with E-state index >= 15 is 0 Å². The number of esters is 1. The zero-order valence-corrected chi connectivity index (χ0v) is 37.3. The van der Waals surface area contributed by atoms with Crippen molar-refractivity contribution >= 4 is 13.8 Å². The number of carbonyl (C=O) groups is 1. The Balaban J connectivity index is 4.21. The van der Waals surface area contributed by atoms with Gasteiger partial charge in [0.05, 0.1) is 34.0 Å². The van der Waals surface area contributed by atoms with Crippen LogP contribution in [0.5, 0.6) is 0 Å². The number of phosphoric acid groups is 1. The molecule has 0 aliphatic carbocycles. The first kappa shape index (κ1) is 53.1. The lowest BCUT2D eigenvalue weighted by Crippen LogP contribution is -2.37. The highest BCUT2D eigenvalue weighted by Gasteiger charge is 2.20. The lowest BCUT2D eigenvalue weighted by atomic mass is 10.0. The summed E-state index contributed by atoms with van der Waals surface area (Å²) in [5, 5.41) is 0. The summed E-state index contributed by atoms with van der Waals surface area (Å²) in [6, 6.07) is 0. The summed E-state index contributed by atoms with van der Waals surface area (Å²) in [6.07, 6.45) is 43.1. The maximum absolute atomic E-state index is 12.7. The van der Waals surface area contributed by atoms with Crippen molar-refractivity contribution in [2.24, 2.45) is 0 Å². The van der Waals surface area contributed by atoms with Crippen LogP contribution in [0.4, 0.5) is 0 Å². The highest BCUT2D eigenvalue weighted by molar-refractivity contribution is 7.45. The van der Waals surface area contributed by atoms with Crippen LogP contribution in [0.3, 0.4) is 0 Å². The van der Waals surface area contributed by atoms with Crippen LogP contribution in [0.25, 0.3) is 0 Å². The zero-order chi connectivity index (χ0) is 39.9. The Morgan fingerprint density at radius 1 is 0.574 bits per heavy atom. The van der Waals surface area contributed by atoms with E-state index in [-0.39, 0.29) is 25.8 Å². The number of carbonyl (C=O) groups excluding carboxylic acids is 1. The molecule has 0 rings (SSSR count). The number of rotatable bonds is 43. The van der Waals surface area contributed by atoms with Gasteiger partial charge in [-0.05, 0) is 25.3 Å². The fourth-order valence-corrected chi connectivity index (χ4v) is 7.30. The molecule has 0 fully saturated rings. The summed E-state index contributed by atoms with van der Waals surface area (Å²) in [4.78, 5) is 25.0. The van der Waals surface area contributed by atoms with Crippen LogP contribution >= 0.6 is 7.82 Å². The highest BCUT2D eigenvalue weighted by atomic mass is 31.2. The number of likely N-dealkylation sites (N-methyl/N-ethyl adjacent to an activating group) is 1. The van der Waals surface area contributed by atoms with Crippen molar-refractivity contribution in [2.45, 2.75) is 225 Å². The van der Waals surface area contributed by atoms with Gasteiger partial charge in [-0.2, -0.15) is 0 Å². The van der Waals surface area contributed by atoms with E-state index in [1.165, 1.54) is 167 Å². The SMILES string of the molecule is CCCCCCCCCCCCCC/C=C\OC[C@H](COP(=O)([O-])OCC[N+](C)(C)C)OC(=O)CCCCCCCCCCCCCCCCCCCC. The Hall–Kier alpha value is -0.920. The zero-order valence-electron chi connectivity index (χ0n) is 36.4. The molecule has 0 saturated heterocycles. The minimum atomic E-state index is -4.53. The molecule has 1 unspecified atom stereocenters. The maximum atomic E-state index is 12.7. The van der Waals surface area contributed by atoms with Crippen LogP contribution in [0, 0.1) is 0 Å². The number of hydrogen-bond donors (Lipinski definition) is 0. The topological polar surface area (TPSA) is 94.1 Å². The molecule has 322 valence electrons. The lowest BCUT2D eigenvalue weighted by Gasteiger charge is -2.28. The second-order valence-electron chi connectivity index (χ2n) is 16.8. The van der Waals surface area contributed by atoms with Gasteiger partial charge in [0, 0.05) is 6.42 Å².